The summed E-state index contributed by atoms with van der Waals surface area (Å²) in [6.07, 6.45) is 8.95. The summed E-state index contributed by atoms with van der Waals surface area (Å²) in [6, 6.07) is 0. The lowest BCUT2D eigenvalue weighted by atomic mass is 10.0. The maximum Gasteiger partial charge on any atom is 0.306 e. The fourth-order valence-corrected chi connectivity index (χ4v) is 1.89. The molecule has 0 saturated heterocycles. The summed E-state index contributed by atoms with van der Waals surface area (Å²) >= 11 is 0. The molecule has 0 aromatic rings. The van der Waals surface area contributed by atoms with Gasteiger partial charge < -0.3 is 10.2 Å². The third kappa shape index (κ3) is 11.7. The molecule has 2 N–H and O–H groups in total. The lowest BCUT2D eigenvalue weighted by Crippen LogP contribution is -2.10. The van der Waals surface area contributed by atoms with Crippen LogP contribution in [-0.2, 0) is 4.79 Å². The Morgan fingerprint density at radius 1 is 1.00 bits per heavy atom. The van der Waals surface area contributed by atoms with Crippen molar-refractivity contribution in [1.29, 1.82) is 0 Å². The van der Waals surface area contributed by atoms with E-state index in [1.165, 1.54) is 11.1 Å². The predicted molar refractivity (Wildman–Crippen MR) is 83.7 cm³/mol. The van der Waals surface area contributed by atoms with Crippen molar-refractivity contribution in [2.75, 3.05) is 0 Å². The molecule has 3 heteroatoms. The SMILES string of the molecule is CC(C)=CCCC(C)=CCCC(C)=CC(O)CC(=O)O. The molecule has 20 heavy (non-hydrogen) atoms. The molecule has 0 amide bonds. The Bertz CT molecular complexity index is 385. The van der Waals surface area contributed by atoms with Crippen molar-refractivity contribution < 1.29 is 15.0 Å². The molecule has 0 saturated carbocycles. The van der Waals surface area contributed by atoms with Crippen molar-refractivity contribution in [3.05, 3.63) is 34.9 Å². The van der Waals surface area contributed by atoms with E-state index in [9.17, 15) is 9.90 Å². The highest BCUT2D eigenvalue weighted by atomic mass is 16.4. The van der Waals surface area contributed by atoms with Crippen LogP contribution < -0.4 is 0 Å². The number of hydrogen-bond acceptors (Lipinski definition) is 2. The van der Waals surface area contributed by atoms with Gasteiger partial charge in [-0.15, -0.1) is 0 Å². The van der Waals surface area contributed by atoms with Crippen LogP contribution in [0.25, 0.3) is 0 Å². The summed E-state index contributed by atoms with van der Waals surface area (Å²) in [5.41, 5.74) is 3.76. The third-order valence-corrected chi connectivity index (χ3v) is 2.98. The van der Waals surface area contributed by atoms with E-state index in [0.29, 0.717) is 0 Å². The molecule has 0 aromatic carbocycles. The Balaban J connectivity index is 4.05. The molecule has 0 aliphatic carbocycles. The molecule has 0 heterocycles. The van der Waals surface area contributed by atoms with E-state index in [0.717, 1.165) is 31.3 Å². The van der Waals surface area contributed by atoms with Crippen LogP contribution in [-0.4, -0.2) is 22.3 Å². The number of rotatable bonds is 9. The molecule has 0 aliphatic rings. The Morgan fingerprint density at radius 2 is 1.55 bits per heavy atom. The standard InChI is InChI=1S/C17H28O3/c1-13(2)7-5-8-14(3)9-6-10-15(4)11-16(18)12-17(19)20/h7,9,11,16,18H,5-6,8,10,12H2,1-4H3,(H,19,20). The van der Waals surface area contributed by atoms with E-state index in [1.54, 1.807) is 6.08 Å². The van der Waals surface area contributed by atoms with E-state index in [2.05, 4.69) is 32.9 Å². The van der Waals surface area contributed by atoms with Crippen LogP contribution in [0.4, 0.5) is 0 Å². The zero-order valence-corrected chi connectivity index (χ0v) is 13.1. The zero-order valence-electron chi connectivity index (χ0n) is 13.1. The molecule has 0 rings (SSSR count). The van der Waals surface area contributed by atoms with Crippen LogP contribution in [0.3, 0.4) is 0 Å². The van der Waals surface area contributed by atoms with Crippen LogP contribution in [0.1, 0.15) is 59.8 Å². The third-order valence-electron chi connectivity index (χ3n) is 2.98. The first-order valence-electron chi connectivity index (χ1n) is 7.17. The smallest absolute Gasteiger partial charge is 0.306 e. The fraction of sp³-hybridized carbons (Fsp3) is 0.588. The molecule has 0 spiro atoms. The van der Waals surface area contributed by atoms with Crippen LogP contribution in [0.5, 0.6) is 0 Å². The fourth-order valence-electron chi connectivity index (χ4n) is 1.89. The normalized spacial score (nSPS) is 14.1. The maximum atomic E-state index is 10.4. The molecular weight excluding hydrogens is 252 g/mol. The van der Waals surface area contributed by atoms with Crippen LogP contribution in [0.15, 0.2) is 34.9 Å². The Hall–Kier alpha value is -1.35. The lowest BCUT2D eigenvalue weighted by Gasteiger charge is -2.05. The van der Waals surface area contributed by atoms with Crippen molar-refractivity contribution in [2.45, 2.75) is 65.9 Å². The van der Waals surface area contributed by atoms with E-state index in [1.807, 2.05) is 6.92 Å². The second-order valence-corrected chi connectivity index (χ2v) is 5.59. The number of carboxylic acids is 1. The largest absolute Gasteiger partial charge is 0.481 e. The number of carbonyl (C=O) groups is 1. The monoisotopic (exact) mass is 280 g/mol. The molecule has 3 nitrogen and oxygen atoms in total. The van der Waals surface area contributed by atoms with Gasteiger partial charge in [0.1, 0.15) is 0 Å². The quantitative estimate of drug-likeness (QED) is 0.621. The first-order valence-corrected chi connectivity index (χ1v) is 7.17. The van der Waals surface area contributed by atoms with Gasteiger partial charge in [0.2, 0.25) is 0 Å². The molecule has 0 aliphatic heterocycles. The van der Waals surface area contributed by atoms with E-state index in [4.69, 9.17) is 5.11 Å². The van der Waals surface area contributed by atoms with E-state index < -0.39 is 12.1 Å². The summed E-state index contributed by atoms with van der Waals surface area (Å²) < 4.78 is 0. The first-order chi connectivity index (χ1) is 9.31. The van der Waals surface area contributed by atoms with Crippen LogP contribution >= 0.6 is 0 Å². The van der Waals surface area contributed by atoms with Gasteiger partial charge in [0, 0.05) is 0 Å². The molecule has 114 valence electrons. The Morgan fingerprint density at radius 3 is 2.10 bits per heavy atom. The van der Waals surface area contributed by atoms with Crippen molar-refractivity contribution in [1.82, 2.24) is 0 Å². The zero-order chi connectivity index (χ0) is 15.5. The highest BCUT2D eigenvalue weighted by Gasteiger charge is 2.06. The minimum absolute atomic E-state index is 0.227. The van der Waals surface area contributed by atoms with Crippen molar-refractivity contribution in [3.63, 3.8) is 0 Å². The lowest BCUT2D eigenvalue weighted by molar-refractivity contribution is -0.138. The van der Waals surface area contributed by atoms with Gasteiger partial charge in [-0.1, -0.05) is 34.9 Å². The van der Waals surface area contributed by atoms with Gasteiger partial charge in [-0.2, -0.15) is 0 Å². The van der Waals surface area contributed by atoms with Gasteiger partial charge in [-0.25, -0.2) is 0 Å². The van der Waals surface area contributed by atoms with Crippen LogP contribution in [0, 0.1) is 0 Å². The number of aliphatic hydroxyl groups excluding tert-OH is 1. The summed E-state index contributed by atoms with van der Waals surface area (Å²) in [5, 5.41) is 18.1. The molecular formula is C17H28O3. The number of hydrogen-bond donors (Lipinski definition) is 2. The minimum Gasteiger partial charge on any atom is -0.481 e. The predicted octanol–water partition coefficient (Wildman–Crippen LogP) is 4.24. The Kier molecular flexibility index (Phi) is 9.73. The first kappa shape index (κ1) is 18.7. The minimum atomic E-state index is -0.975. The molecule has 0 bridgehead atoms. The average molecular weight is 280 g/mol. The average Bonchev–Trinajstić information content (AvgIpc) is 2.26. The van der Waals surface area contributed by atoms with Crippen molar-refractivity contribution >= 4 is 5.97 Å². The Labute approximate surface area is 122 Å². The van der Waals surface area contributed by atoms with Crippen molar-refractivity contribution in [3.8, 4) is 0 Å². The second kappa shape index (κ2) is 10.4. The molecule has 0 fully saturated rings. The highest BCUT2D eigenvalue weighted by Crippen LogP contribution is 2.12. The van der Waals surface area contributed by atoms with Gasteiger partial charge in [0.25, 0.3) is 0 Å². The van der Waals surface area contributed by atoms with Gasteiger partial charge in [0.05, 0.1) is 12.5 Å². The summed E-state index contributed by atoms with van der Waals surface area (Å²) in [5.74, 6) is -0.975. The maximum absolute atomic E-state index is 10.4. The molecule has 0 aromatic heterocycles. The van der Waals surface area contributed by atoms with E-state index in [-0.39, 0.29) is 6.42 Å². The van der Waals surface area contributed by atoms with Gasteiger partial charge in [-0.05, 0) is 53.4 Å². The van der Waals surface area contributed by atoms with Crippen LogP contribution in [0.2, 0.25) is 0 Å². The number of carboxylic acid groups (broad SMARTS) is 1. The number of aliphatic hydroxyl groups is 1. The summed E-state index contributed by atoms with van der Waals surface area (Å²) in [4.78, 5) is 10.4. The molecule has 1 atom stereocenters. The number of aliphatic carboxylic acids is 1. The van der Waals surface area contributed by atoms with Crippen molar-refractivity contribution in [2.24, 2.45) is 0 Å². The highest BCUT2D eigenvalue weighted by molar-refractivity contribution is 5.67. The number of allylic oxidation sites excluding steroid dienone is 5. The van der Waals surface area contributed by atoms with E-state index >= 15 is 0 Å². The second-order valence-electron chi connectivity index (χ2n) is 5.59. The molecule has 1 unspecified atom stereocenters. The van der Waals surface area contributed by atoms with Gasteiger partial charge in [0.15, 0.2) is 0 Å². The summed E-state index contributed by atoms with van der Waals surface area (Å²) in [7, 11) is 0. The topological polar surface area (TPSA) is 57.5 Å². The van der Waals surface area contributed by atoms with Gasteiger partial charge >= 0.3 is 5.97 Å². The molecule has 0 radical (unpaired) electrons. The summed E-state index contributed by atoms with van der Waals surface area (Å²) in [6.45, 7) is 8.28. The van der Waals surface area contributed by atoms with Gasteiger partial charge in [-0.3, -0.25) is 4.79 Å².